The lowest BCUT2D eigenvalue weighted by atomic mass is 10.3. The van der Waals surface area contributed by atoms with Crippen LogP contribution in [0, 0.1) is 0 Å². The smallest absolute Gasteiger partial charge is 0.194 e. The van der Waals surface area contributed by atoms with E-state index in [-0.39, 0.29) is 14.6 Å². The zero-order valence-corrected chi connectivity index (χ0v) is 12.2. The second-order valence-corrected chi connectivity index (χ2v) is 9.71. The van der Waals surface area contributed by atoms with Gasteiger partial charge < -0.3 is 4.55 Å². The van der Waals surface area contributed by atoms with Gasteiger partial charge in [-0.25, -0.2) is 0 Å². The molecule has 0 aliphatic carbocycles. The van der Waals surface area contributed by atoms with E-state index >= 15 is 0 Å². The highest BCUT2D eigenvalue weighted by Gasteiger charge is 2.27. The molecule has 0 saturated carbocycles. The van der Waals surface area contributed by atoms with Gasteiger partial charge in [-0.2, -0.15) is 0 Å². The molecule has 4 heteroatoms. The topological polar surface area (TPSA) is 40.1 Å². The standard InChI is InChI=1S/C11H22O2S2/c1-10(2,3)14-9(12)7-8-15(13)11(4,5)6/h7-8H2,1-6H3. The van der Waals surface area contributed by atoms with Crippen molar-refractivity contribution in [2.24, 2.45) is 0 Å². The molecule has 1 unspecified atom stereocenters. The normalized spacial score (nSPS) is 15.1. The molecule has 0 aromatic heterocycles. The van der Waals surface area contributed by atoms with Crippen LogP contribution in [-0.2, 0) is 16.0 Å². The molecule has 0 fully saturated rings. The first-order valence-corrected chi connectivity index (χ1v) is 7.26. The van der Waals surface area contributed by atoms with Crippen molar-refractivity contribution in [1.29, 1.82) is 0 Å². The third-order valence-corrected chi connectivity index (χ3v) is 4.58. The molecule has 0 heterocycles. The third-order valence-electron chi connectivity index (χ3n) is 1.59. The van der Waals surface area contributed by atoms with Crippen molar-refractivity contribution in [2.45, 2.75) is 57.5 Å². The van der Waals surface area contributed by atoms with Gasteiger partial charge in [-0.05, 0) is 31.9 Å². The van der Waals surface area contributed by atoms with Gasteiger partial charge in [0.2, 0.25) is 0 Å². The first-order valence-electron chi connectivity index (χ1n) is 5.13. The molecule has 0 spiro atoms. The SMILES string of the molecule is CC(C)(C)SC(=O)CC[S+]([O-])C(C)(C)C. The van der Waals surface area contributed by atoms with Gasteiger partial charge in [0, 0.05) is 4.75 Å². The van der Waals surface area contributed by atoms with E-state index in [2.05, 4.69) is 0 Å². The van der Waals surface area contributed by atoms with Crippen LogP contribution in [0.3, 0.4) is 0 Å². The molecule has 0 amide bonds. The van der Waals surface area contributed by atoms with Crippen molar-refractivity contribution in [1.82, 2.24) is 0 Å². The van der Waals surface area contributed by atoms with E-state index in [1.165, 1.54) is 11.8 Å². The second kappa shape index (κ2) is 5.60. The van der Waals surface area contributed by atoms with Crippen LogP contribution < -0.4 is 0 Å². The van der Waals surface area contributed by atoms with E-state index in [0.717, 1.165) is 0 Å². The predicted molar refractivity (Wildman–Crippen MR) is 69.7 cm³/mol. The first kappa shape index (κ1) is 15.3. The summed E-state index contributed by atoms with van der Waals surface area (Å²) in [5, 5.41) is 0.139. The molecule has 0 aliphatic heterocycles. The highest BCUT2D eigenvalue weighted by atomic mass is 32.2. The quantitative estimate of drug-likeness (QED) is 0.723. The fourth-order valence-corrected chi connectivity index (χ4v) is 2.87. The van der Waals surface area contributed by atoms with Crippen molar-refractivity contribution < 1.29 is 9.35 Å². The molecule has 0 bridgehead atoms. The monoisotopic (exact) mass is 250 g/mol. The van der Waals surface area contributed by atoms with Gasteiger partial charge in [0.05, 0.1) is 6.42 Å². The Morgan fingerprint density at radius 2 is 1.67 bits per heavy atom. The summed E-state index contributed by atoms with van der Waals surface area (Å²) < 4.78 is 11.4. The Balaban J connectivity index is 3.92. The average Bonchev–Trinajstić information content (AvgIpc) is 1.94. The van der Waals surface area contributed by atoms with Gasteiger partial charge in [0.1, 0.15) is 10.5 Å². The highest BCUT2D eigenvalue weighted by molar-refractivity contribution is 8.14. The fraction of sp³-hybridized carbons (Fsp3) is 0.909. The molecule has 0 aromatic rings. The summed E-state index contributed by atoms with van der Waals surface area (Å²) >= 11 is 0.416. The maximum absolute atomic E-state index is 11.7. The summed E-state index contributed by atoms with van der Waals surface area (Å²) in [6.07, 6.45) is 0.409. The zero-order chi connectivity index (χ0) is 12.3. The molecule has 15 heavy (non-hydrogen) atoms. The van der Waals surface area contributed by atoms with Crippen molar-refractivity contribution >= 4 is 28.1 Å². The van der Waals surface area contributed by atoms with E-state index in [1.807, 2.05) is 41.5 Å². The number of rotatable bonds is 3. The van der Waals surface area contributed by atoms with E-state index in [0.29, 0.717) is 12.2 Å². The van der Waals surface area contributed by atoms with E-state index in [9.17, 15) is 9.35 Å². The zero-order valence-electron chi connectivity index (χ0n) is 10.5. The summed E-state index contributed by atoms with van der Waals surface area (Å²) in [4.78, 5) is 11.5. The average molecular weight is 250 g/mol. The molecule has 0 aliphatic rings. The number of carbonyl (C=O) groups is 1. The molecule has 90 valence electrons. The molecule has 2 nitrogen and oxygen atoms in total. The Morgan fingerprint density at radius 1 is 1.20 bits per heavy atom. The maximum atomic E-state index is 11.7. The Kier molecular flexibility index (Phi) is 5.72. The Labute approximate surface area is 101 Å². The lowest BCUT2D eigenvalue weighted by molar-refractivity contribution is -0.110. The summed E-state index contributed by atoms with van der Waals surface area (Å²) in [6.45, 7) is 11.8. The van der Waals surface area contributed by atoms with Crippen LogP contribution in [0.15, 0.2) is 0 Å². The van der Waals surface area contributed by atoms with E-state index in [4.69, 9.17) is 0 Å². The number of hydrogen-bond donors (Lipinski definition) is 0. The predicted octanol–water partition coefficient (Wildman–Crippen LogP) is 2.98. The molecule has 1 atom stereocenters. The first-order chi connectivity index (χ1) is 6.52. The molecule has 0 N–H and O–H groups in total. The summed E-state index contributed by atoms with van der Waals surface area (Å²) in [7, 11) is 0. The molecule has 0 rings (SSSR count). The van der Waals surface area contributed by atoms with Crippen LogP contribution >= 0.6 is 11.8 Å². The summed E-state index contributed by atoms with van der Waals surface area (Å²) in [6, 6.07) is 0. The summed E-state index contributed by atoms with van der Waals surface area (Å²) in [5.74, 6) is 0.478. The number of thioether (sulfide) groups is 1. The lowest BCUT2D eigenvalue weighted by Gasteiger charge is -2.24. The minimum absolute atomic E-state index is 0.0414. The van der Waals surface area contributed by atoms with Crippen LogP contribution in [0.4, 0.5) is 0 Å². The molecular formula is C11H22O2S2. The van der Waals surface area contributed by atoms with Gasteiger partial charge in [-0.1, -0.05) is 32.5 Å². The lowest BCUT2D eigenvalue weighted by Crippen LogP contribution is -2.31. The third kappa shape index (κ3) is 8.17. The maximum Gasteiger partial charge on any atom is 0.194 e. The Morgan fingerprint density at radius 3 is 2.00 bits per heavy atom. The Bertz CT molecular complexity index is 214. The van der Waals surface area contributed by atoms with E-state index in [1.54, 1.807) is 0 Å². The van der Waals surface area contributed by atoms with Gasteiger partial charge in [-0.3, -0.25) is 4.79 Å². The van der Waals surface area contributed by atoms with Crippen LogP contribution in [0.1, 0.15) is 48.0 Å². The van der Waals surface area contributed by atoms with Crippen LogP contribution in [0.25, 0.3) is 0 Å². The van der Waals surface area contributed by atoms with Gasteiger partial charge in [0.25, 0.3) is 0 Å². The van der Waals surface area contributed by atoms with Crippen LogP contribution in [-0.4, -0.2) is 24.9 Å². The van der Waals surface area contributed by atoms with Gasteiger partial charge in [-0.15, -0.1) is 0 Å². The van der Waals surface area contributed by atoms with Gasteiger partial charge >= 0.3 is 0 Å². The molecule has 0 saturated heterocycles. The summed E-state index contributed by atoms with van der Waals surface area (Å²) in [5.41, 5.74) is 0. The van der Waals surface area contributed by atoms with E-state index < -0.39 is 11.2 Å². The Hall–Kier alpha value is 0.330. The minimum Gasteiger partial charge on any atom is -0.616 e. The molecular weight excluding hydrogens is 228 g/mol. The number of carbonyl (C=O) groups excluding carboxylic acids is 1. The number of hydrogen-bond acceptors (Lipinski definition) is 3. The minimum atomic E-state index is -0.920. The van der Waals surface area contributed by atoms with Crippen molar-refractivity contribution in [3.8, 4) is 0 Å². The molecule has 0 radical (unpaired) electrons. The second-order valence-electron chi connectivity index (χ2n) is 5.50. The van der Waals surface area contributed by atoms with Crippen molar-refractivity contribution in [3.63, 3.8) is 0 Å². The van der Waals surface area contributed by atoms with Crippen molar-refractivity contribution in [3.05, 3.63) is 0 Å². The largest absolute Gasteiger partial charge is 0.616 e. The fourth-order valence-electron chi connectivity index (χ4n) is 0.875. The van der Waals surface area contributed by atoms with Gasteiger partial charge in [0.15, 0.2) is 5.12 Å². The molecule has 0 aromatic carbocycles. The van der Waals surface area contributed by atoms with Crippen LogP contribution in [0.2, 0.25) is 0 Å². The highest BCUT2D eigenvalue weighted by Crippen LogP contribution is 2.26. The van der Waals surface area contributed by atoms with Crippen LogP contribution in [0.5, 0.6) is 0 Å². The van der Waals surface area contributed by atoms with Crippen molar-refractivity contribution in [2.75, 3.05) is 5.75 Å².